The zero-order chi connectivity index (χ0) is 13.0. The average Bonchev–Trinajstić information content (AvgIpc) is 3.14. The Kier molecular flexibility index (Phi) is 2.28. The normalized spacial score (nSPS) is 18.3. The van der Waals surface area contributed by atoms with Gasteiger partial charge in [-0.15, -0.1) is 0 Å². The number of hydrogen-bond acceptors (Lipinski definition) is 5. The van der Waals surface area contributed by atoms with Gasteiger partial charge >= 0.3 is 0 Å². The first-order valence-electron chi connectivity index (χ1n) is 5.60. The van der Waals surface area contributed by atoms with E-state index in [0.717, 1.165) is 13.1 Å². The second-order valence-electron chi connectivity index (χ2n) is 4.40. The Morgan fingerprint density at radius 3 is 2.00 bits per heavy atom. The van der Waals surface area contributed by atoms with Crippen molar-refractivity contribution in [1.82, 2.24) is 14.9 Å². The van der Waals surface area contributed by atoms with E-state index in [9.17, 15) is 9.59 Å². The van der Waals surface area contributed by atoms with Crippen LogP contribution in [0.2, 0.25) is 0 Å². The third kappa shape index (κ3) is 1.47. The van der Waals surface area contributed by atoms with Crippen molar-refractivity contribution in [2.45, 2.75) is 13.8 Å². The van der Waals surface area contributed by atoms with E-state index >= 15 is 0 Å². The van der Waals surface area contributed by atoms with Crippen LogP contribution < -0.4 is 0 Å². The van der Waals surface area contributed by atoms with Gasteiger partial charge in [0, 0.05) is 13.1 Å². The van der Waals surface area contributed by atoms with Gasteiger partial charge in [-0.1, -0.05) is 11.6 Å². The molecule has 0 saturated carbocycles. The van der Waals surface area contributed by atoms with E-state index in [-0.39, 0.29) is 27.9 Å². The summed E-state index contributed by atoms with van der Waals surface area (Å²) >= 11 is 5.98. The van der Waals surface area contributed by atoms with E-state index < -0.39 is 5.78 Å². The maximum absolute atomic E-state index is 12.3. The summed E-state index contributed by atoms with van der Waals surface area (Å²) in [5.41, 5.74) is 1.74. The smallest absolute Gasteiger partial charge is 0.231 e. The number of carbonyl (C=O) groups excluding carboxylic acids is 2. The van der Waals surface area contributed by atoms with Crippen LogP contribution in [0.5, 0.6) is 0 Å². The monoisotopic (exact) mass is 263 g/mol. The van der Waals surface area contributed by atoms with E-state index in [1.54, 1.807) is 18.7 Å². The Labute approximate surface area is 108 Å². The van der Waals surface area contributed by atoms with Gasteiger partial charge in [0.05, 0.1) is 11.4 Å². The van der Waals surface area contributed by atoms with Crippen LogP contribution in [-0.2, 0) is 0 Å². The summed E-state index contributed by atoms with van der Waals surface area (Å²) in [7, 11) is 0. The fourth-order valence-electron chi connectivity index (χ4n) is 1.90. The van der Waals surface area contributed by atoms with Crippen LogP contribution in [0.15, 0.2) is 10.7 Å². The van der Waals surface area contributed by atoms with Crippen LogP contribution in [0.3, 0.4) is 0 Å². The Morgan fingerprint density at radius 2 is 1.50 bits per heavy atom. The molecule has 1 aliphatic heterocycles. The summed E-state index contributed by atoms with van der Waals surface area (Å²) < 4.78 is 0. The molecular weight excluding hydrogens is 254 g/mol. The van der Waals surface area contributed by atoms with Crippen molar-refractivity contribution in [2.75, 3.05) is 13.1 Å². The molecule has 0 radical (unpaired) electrons. The molecule has 3 rings (SSSR count). The van der Waals surface area contributed by atoms with Gasteiger partial charge in [0.1, 0.15) is 22.1 Å². The zero-order valence-electron chi connectivity index (χ0n) is 9.95. The fourth-order valence-corrected chi connectivity index (χ4v) is 2.19. The molecule has 0 unspecified atom stereocenters. The van der Waals surface area contributed by atoms with Crippen molar-refractivity contribution in [3.05, 3.63) is 33.5 Å². The molecule has 2 aliphatic rings. The van der Waals surface area contributed by atoms with Gasteiger partial charge in [-0.2, -0.15) is 0 Å². The number of Topliss-reactive ketones (excluding diaryl/α,β-unsaturated/α-hetero) is 2. The van der Waals surface area contributed by atoms with Crippen LogP contribution in [-0.4, -0.2) is 39.5 Å². The van der Waals surface area contributed by atoms with Crippen LogP contribution >= 0.6 is 11.6 Å². The number of allylic oxidation sites excluding steroid dienone is 2. The highest BCUT2D eigenvalue weighted by Gasteiger charge is 2.40. The van der Waals surface area contributed by atoms with Crippen molar-refractivity contribution >= 4 is 23.2 Å². The molecule has 0 spiro atoms. The molecule has 5 nitrogen and oxygen atoms in total. The predicted molar refractivity (Wildman–Crippen MR) is 64.6 cm³/mol. The van der Waals surface area contributed by atoms with Gasteiger partial charge in [0.2, 0.25) is 11.6 Å². The lowest BCUT2D eigenvalue weighted by Gasteiger charge is -2.18. The van der Waals surface area contributed by atoms with Crippen molar-refractivity contribution in [3.8, 4) is 0 Å². The number of ketones is 2. The molecule has 1 aromatic rings. The van der Waals surface area contributed by atoms with E-state index in [1.165, 1.54) is 0 Å². The van der Waals surface area contributed by atoms with Crippen molar-refractivity contribution in [2.24, 2.45) is 0 Å². The summed E-state index contributed by atoms with van der Waals surface area (Å²) in [6.45, 7) is 5.01. The standard InChI is InChI=1S/C12H10ClN3O2/c1-5-6(2)15-9-8(14-5)11(17)7(13)10(12(9)18)16-3-4-16/h3-4H2,1-2H3. The molecular formula is C12H10ClN3O2. The summed E-state index contributed by atoms with van der Waals surface area (Å²) in [4.78, 5) is 34.5. The minimum Gasteiger partial charge on any atom is -0.363 e. The Morgan fingerprint density at radius 1 is 1.00 bits per heavy atom. The lowest BCUT2D eigenvalue weighted by molar-refractivity contribution is 0.0958. The Hall–Kier alpha value is -1.75. The molecule has 2 heterocycles. The lowest BCUT2D eigenvalue weighted by atomic mass is 10.0. The van der Waals surface area contributed by atoms with Gasteiger partial charge in [0.15, 0.2) is 0 Å². The number of fused-ring (bicyclic) bond motifs is 1. The number of nitrogens with zero attached hydrogens (tertiary/aromatic N) is 3. The molecule has 0 N–H and O–H groups in total. The number of aromatic nitrogens is 2. The maximum Gasteiger partial charge on any atom is 0.231 e. The van der Waals surface area contributed by atoms with E-state index in [2.05, 4.69) is 9.97 Å². The minimum atomic E-state index is -0.413. The first-order valence-corrected chi connectivity index (χ1v) is 5.98. The lowest BCUT2D eigenvalue weighted by Crippen LogP contribution is -2.27. The highest BCUT2D eigenvalue weighted by atomic mass is 35.5. The van der Waals surface area contributed by atoms with Crippen molar-refractivity contribution in [3.63, 3.8) is 0 Å². The molecule has 1 aromatic heterocycles. The summed E-state index contributed by atoms with van der Waals surface area (Å²) in [6, 6.07) is 0. The van der Waals surface area contributed by atoms with Crippen LogP contribution in [0.25, 0.3) is 0 Å². The molecule has 6 heteroatoms. The van der Waals surface area contributed by atoms with Crippen molar-refractivity contribution in [1.29, 1.82) is 0 Å². The van der Waals surface area contributed by atoms with E-state index in [1.807, 2.05) is 0 Å². The first kappa shape index (κ1) is 11.3. The third-order valence-corrected chi connectivity index (χ3v) is 3.47. The van der Waals surface area contributed by atoms with Gasteiger partial charge in [-0.05, 0) is 13.8 Å². The summed E-state index contributed by atoms with van der Waals surface area (Å²) in [5, 5.41) is -0.0393. The second-order valence-corrected chi connectivity index (χ2v) is 4.78. The van der Waals surface area contributed by atoms with Gasteiger partial charge in [0.25, 0.3) is 0 Å². The van der Waals surface area contributed by atoms with Crippen molar-refractivity contribution < 1.29 is 9.59 Å². The van der Waals surface area contributed by atoms with Crippen LogP contribution in [0, 0.1) is 13.8 Å². The molecule has 0 amide bonds. The number of rotatable bonds is 1. The fraction of sp³-hybridized carbons (Fsp3) is 0.333. The summed E-state index contributed by atoms with van der Waals surface area (Å²) in [6.07, 6.45) is 0. The Bertz CT molecular complexity index is 632. The SMILES string of the molecule is Cc1nc2c(nc1C)C(=O)C(N1CC1)=C(Cl)C2=O. The van der Waals surface area contributed by atoms with Crippen LogP contribution in [0.1, 0.15) is 32.4 Å². The van der Waals surface area contributed by atoms with Crippen LogP contribution in [0.4, 0.5) is 0 Å². The average molecular weight is 264 g/mol. The minimum absolute atomic E-state index is 0.0393. The van der Waals surface area contributed by atoms with Gasteiger partial charge in [-0.3, -0.25) is 9.59 Å². The molecule has 1 aliphatic carbocycles. The van der Waals surface area contributed by atoms with E-state index in [0.29, 0.717) is 11.4 Å². The topological polar surface area (TPSA) is 62.9 Å². The van der Waals surface area contributed by atoms with Gasteiger partial charge < -0.3 is 4.90 Å². The maximum atomic E-state index is 12.3. The second kappa shape index (κ2) is 3.62. The predicted octanol–water partition coefficient (Wildman–Crippen LogP) is 1.24. The Balaban J connectivity index is 2.23. The first-order chi connectivity index (χ1) is 8.50. The molecule has 0 aromatic carbocycles. The molecule has 1 fully saturated rings. The number of carbonyl (C=O) groups is 2. The highest BCUT2D eigenvalue weighted by Crippen LogP contribution is 2.31. The van der Waals surface area contributed by atoms with E-state index in [4.69, 9.17) is 11.6 Å². The largest absolute Gasteiger partial charge is 0.363 e. The third-order valence-electron chi connectivity index (χ3n) is 3.12. The number of halogens is 1. The molecule has 0 atom stereocenters. The summed E-state index contributed by atoms with van der Waals surface area (Å²) in [5.74, 6) is -0.716. The molecule has 18 heavy (non-hydrogen) atoms. The number of aryl methyl sites for hydroxylation is 2. The molecule has 0 bridgehead atoms. The molecule has 1 saturated heterocycles. The quantitative estimate of drug-likeness (QED) is 0.714. The zero-order valence-corrected chi connectivity index (χ0v) is 10.7. The van der Waals surface area contributed by atoms with Gasteiger partial charge in [-0.25, -0.2) is 9.97 Å². The molecule has 92 valence electrons. The number of hydrogen-bond donors (Lipinski definition) is 0. The highest BCUT2D eigenvalue weighted by molar-refractivity contribution is 6.49.